The van der Waals surface area contributed by atoms with Gasteiger partial charge in [0.05, 0.1) is 23.8 Å². The van der Waals surface area contributed by atoms with Crippen molar-refractivity contribution in [1.82, 2.24) is 4.83 Å². The molecule has 0 saturated heterocycles. The van der Waals surface area contributed by atoms with Gasteiger partial charge in [-0.1, -0.05) is 15.9 Å². The topological polar surface area (TPSA) is 77.0 Å². The molecular weight excluding hydrogens is 420 g/mol. The van der Waals surface area contributed by atoms with E-state index >= 15 is 0 Å². The van der Waals surface area contributed by atoms with Crippen LogP contribution < -0.4 is 14.3 Å². The fourth-order valence-corrected chi connectivity index (χ4v) is 3.12. The number of rotatable bonds is 8. The van der Waals surface area contributed by atoms with Gasteiger partial charge in [0, 0.05) is 4.47 Å². The first-order chi connectivity index (χ1) is 12.3. The van der Waals surface area contributed by atoms with E-state index in [1.54, 1.807) is 30.3 Å². The van der Waals surface area contributed by atoms with E-state index in [9.17, 15) is 8.42 Å². The number of hydrazone groups is 1. The van der Waals surface area contributed by atoms with Crippen LogP contribution in [-0.2, 0) is 10.0 Å². The molecule has 0 atom stereocenters. The minimum absolute atomic E-state index is 0.0199. The van der Waals surface area contributed by atoms with Gasteiger partial charge in [0.1, 0.15) is 0 Å². The Morgan fingerprint density at radius 2 is 1.85 bits per heavy atom. The second-order valence-electron chi connectivity index (χ2n) is 5.61. The van der Waals surface area contributed by atoms with Crippen LogP contribution in [0, 0.1) is 0 Å². The van der Waals surface area contributed by atoms with E-state index in [2.05, 4.69) is 25.9 Å². The summed E-state index contributed by atoms with van der Waals surface area (Å²) in [5.74, 6) is 1.22. The van der Waals surface area contributed by atoms with Crippen LogP contribution in [-0.4, -0.2) is 27.3 Å². The second-order valence-corrected chi connectivity index (χ2v) is 8.19. The number of sulfonamides is 1. The predicted molar refractivity (Wildman–Crippen MR) is 105 cm³/mol. The average Bonchev–Trinajstić information content (AvgIpc) is 2.57. The highest BCUT2D eigenvalue weighted by Gasteiger charge is 2.12. The van der Waals surface area contributed by atoms with Crippen molar-refractivity contribution in [3.8, 4) is 11.5 Å². The Balaban J connectivity index is 2.14. The number of halogens is 1. The molecule has 0 amide bonds. The number of ether oxygens (including phenoxy) is 2. The Labute approximate surface area is 162 Å². The molecule has 1 N–H and O–H groups in total. The van der Waals surface area contributed by atoms with Crippen LogP contribution in [0.2, 0.25) is 0 Å². The number of benzene rings is 2. The highest BCUT2D eigenvalue weighted by molar-refractivity contribution is 9.10. The third kappa shape index (κ3) is 5.74. The normalized spacial score (nSPS) is 11.7. The van der Waals surface area contributed by atoms with E-state index in [1.165, 1.54) is 18.3 Å². The van der Waals surface area contributed by atoms with Gasteiger partial charge < -0.3 is 9.47 Å². The molecule has 0 aliphatic carbocycles. The monoisotopic (exact) mass is 440 g/mol. The van der Waals surface area contributed by atoms with Crippen LogP contribution in [0.4, 0.5) is 0 Å². The van der Waals surface area contributed by atoms with Gasteiger partial charge in [0.2, 0.25) is 0 Å². The summed E-state index contributed by atoms with van der Waals surface area (Å²) in [7, 11) is -3.72. The smallest absolute Gasteiger partial charge is 0.276 e. The zero-order valence-corrected chi connectivity index (χ0v) is 17.2. The van der Waals surface area contributed by atoms with Crippen LogP contribution >= 0.6 is 15.9 Å². The lowest BCUT2D eigenvalue weighted by Crippen LogP contribution is -2.18. The summed E-state index contributed by atoms with van der Waals surface area (Å²) in [6.07, 6.45) is 1.43. The molecule has 8 heteroatoms. The molecule has 6 nitrogen and oxygen atoms in total. The van der Waals surface area contributed by atoms with Gasteiger partial charge in [-0.3, -0.25) is 0 Å². The van der Waals surface area contributed by atoms with E-state index < -0.39 is 10.0 Å². The highest BCUT2D eigenvalue weighted by atomic mass is 79.9. The summed E-state index contributed by atoms with van der Waals surface area (Å²) >= 11 is 3.27. The summed E-state index contributed by atoms with van der Waals surface area (Å²) in [6, 6.07) is 11.6. The molecule has 140 valence electrons. The minimum Gasteiger partial charge on any atom is -0.490 e. The molecule has 0 saturated carbocycles. The van der Waals surface area contributed by atoms with Crippen LogP contribution in [0.3, 0.4) is 0 Å². The van der Waals surface area contributed by atoms with E-state index in [4.69, 9.17) is 9.47 Å². The molecule has 2 aromatic rings. The van der Waals surface area contributed by atoms with Crippen molar-refractivity contribution in [2.45, 2.75) is 31.8 Å². The number of nitrogens with one attached hydrogen (secondary N) is 1. The van der Waals surface area contributed by atoms with E-state index in [-0.39, 0.29) is 11.0 Å². The Bertz CT molecular complexity index is 865. The molecule has 0 heterocycles. The molecule has 0 aromatic heterocycles. The van der Waals surface area contributed by atoms with Crippen LogP contribution in [0.15, 0.2) is 56.9 Å². The van der Waals surface area contributed by atoms with Gasteiger partial charge in [0.25, 0.3) is 10.0 Å². The summed E-state index contributed by atoms with van der Waals surface area (Å²) < 4.78 is 36.5. The Morgan fingerprint density at radius 3 is 2.46 bits per heavy atom. The summed E-state index contributed by atoms with van der Waals surface area (Å²) in [4.78, 5) is 2.33. The summed E-state index contributed by atoms with van der Waals surface area (Å²) in [5.41, 5.74) is 0.683. The first-order valence-electron chi connectivity index (χ1n) is 8.05. The molecule has 0 fully saturated rings. The Hall–Kier alpha value is -2.06. The van der Waals surface area contributed by atoms with Crippen molar-refractivity contribution in [2.24, 2.45) is 5.10 Å². The molecule has 0 bridgehead atoms. The molecule has 0 radical (unpaired) electrons. The van der Waals surface area contributed by atoms with E-state index in [1.807, 2.05) is 20.8 Å². The van der Waals surface area contributed by atoms with Crippen LogP contribution in [0.5, 0.6) is 11.5 Å². The lowest BCUT2D eigenvalue weighted by molar-refractivity contribution is 0.224. The molecule has 26 heavy (non-hydrogen) atoms. The number of nitrogens with zero attached hydrogens (tertiary/aromatic N) is 1. The average molecular weight is 441 g/mol. The largest absolute Gasteiger partial charge is 0.490 e. The number of hydrogen-bond donors (Lipinski definition) is 1. The second kappa shape index (κ2) is 9.05. The van der Waals surface area contributed by atoms with Crippen molar-refractivity contribution in [3.05, 3.63) is 52.5 Å². The molecule has 2 aromatic carbocycles. The quantitative estimate of drug-likeness (QED) is 0.497. The lowest BCUT2D eigenvalue weighted by Gasteiger charge is -2.14. The maximum Gasteiger partial charge on any atom is 0.276 e. The molecule has 0 spiro atoms. The third-order valence-corrected chi connectivity index (χ3v) is 4.91. The van der Waals surface area contributed by atoms with Crippen molar-refractivity contribution < 1.29 is 17.9 Å². The summed E-state index contributed by atoms with van der Waals surface area (Å²) in [5, 5.41) is 3.83. The van der Waals surface area contributed by atoms with Crippen LogP contribution in [0.1, 0.15) is 26.3 Å². The maximum absolute atomic E-state index is 12.2. The fraction of sp³-hybridized carbons (Fsp3) is 0.278. The molecule has 0 aliphatic heterocycles. The standard InChI is InChI=1S/C18H21BrN2O4S/c1-4-24-18-11-14(5-10-17(18)25-13(2)3)12-20-21-26(22,23)16-8-6-15(19)7-9-16/h5-13,21H,4H2,1-3H3/b20-12+. The van der Waals surface area contributed by atoms with Gasteiger partial charge in [0.15, 0.2) is 11.5 Å². The molecule has 0 aliphatic rings. The van der Waals surface area contributed by atoms with E-state index in [0.29, 0.717) is 23.7 Å². The summed E-state index contributed by atoms with van der Waals surface area (Å²) in [6.45, 7) is 6.24. The lowest BCUT2D eigenvalue weighted by atomic mass is 10.2. The zero-order valence-electron chi connectivity index (χ0n) is 14.8. The maximum atomic E-state index is 12.2. The van der Waals surface area contributed by atoms with Gasteiger partial charge in [-0.25, -0.2) is 4.83 Å². The number of hydrogen-bond acceptors (Lipinski definition) is 5. The first kappa shape index (κ1) is 20.3. The zero-order chi connectivity index (χ0) is 19.2. The predicted octanol–water partition coefficient (Wildman–Crippen LogP) is 3.95. The van der Waals surface area contributed by atoms with Crippen molar-refractivity contribution in [1.29, 1.82) is 0 Å². The van der Waals surface area contributed by atoms with Gasteiger partial charge in [-0.15, -0.1) is 0 Å². The first-order valence-corrected chi connectivity index (χ1v) is 10.3. The highest BCUT2D eigenvalue weighted by Crippen LogP contribution is 2.29. The molecule has 0 unspecified atom stereocenters. The van der Waals surface area contributed by atoms with Gasteiger partial charge in [-0.05, 0) is 68.8 Å². The van der Waals surface area contributed by atoms with E-state index in [0.717, 1.165) is 4.47 Å². The van der Waals surface area contributed by atoms with Crippen molar-refractivity contribution in [2.75, 3.05) is 6.61 Å². The third-order valence-electron chi connectivity index (χ3n) is 3.14. The minimum atomic E-state index is -3.72. The Kier molecular flexibility index (Phi) is 7.05. The molecular formula is C18H21BrN2O4S. The SMILES string of the molecule is CCOc1cc(/C=N/NS(=O)(=O)c2ccc(Br)cc2)ccc1OC(C)C. The Morgan fingerprint density at radius 1 is 1.15 bits per heavy atom. The van der Waals surface area contributed by atoms with Crippen molar-refractivity contribution in [3.63, 3.8) is 0 Å². The molecule has 2 rings (SSSR count). The van der Waals surface area contributed by atoms with Gasteiger partial charge in [-0.2, -0.15) is 13.5 Å². The van der Waals surface area contributed by atoms with Crippen molar-refractivity contribution >= 4 is 32.2 Å². The fourth-order valence-electron chi connectivity index (χ4n) is 2.06. The van der Waals surface area contributed by atoms with Crippen LogP contribution in [0.25, 0.3) is 0 Å². The van der Waals surface area contributed by atoms with Gasteiger partial charge >= 0.3 is 0 Å².